The molecule has 1 atom stereocenters. The summed E-state index contributed by atoms with van der Waals surface area (Å²) in [6.45, 7) is 2.05. The summed E-state index contributed by atoms with van der Waals surface area (Å²) >= 11 is 1.44. The van der Waals surface area contributed by atoms with Crippen molar-refractivity contribution in [2.75, 3.05) is 5.32 Å². The summed E-state index contributed by atoms with van der Waals surface area (Å²) in [6, 6.07) is 0. The van der Waals surface area contributed by atoms with Gasteiger partial charge in [0.05, 0.1) is 5.56 Å². The van der Waals surface area contributed by atoms with Crippen molar-refractivity contribution in [3.05, 3.63) is 16.0 Å². The zero-order chi connectivity index (χ0) is 12.9. The number of amides is 1. The molecular weight excluding hydrogens is 250 g/mol. The lowest BCUT2D eigenvalue weighted by atomic mass is 10.0. The van der Waals surface area contributed by atoms with E-state index in [-0.39, 0.29) is 17.7 Å². The number of aryl methyl sites for hydroxylation is 1. The fourth-order valence-corrected chi connectivity index (χ4v) is 3.88. The lowest BCUT2D eigenvalue weighted by Gasteiger charge is -2.07. The van der Waals surface area contributed by atoms with Gasteiger partial charge in [-0.25, -0.2) is 4.79 Å². The Hall–Kier alpha value is -1.36. The Labute approximate surface area is 109 Å². The molecule has 1 fully saturated rings. The summed E-state index contributed by atoms with van der Waals surface area (Å²) in [6.07, 6.45) is 3.80. The average molecular weight is 265 g/mol. The standard InChI is InChI=1S/C13H15NO3S/c1-6-2-5-8-9(6)10(13(16)17)12(18-8)14-11(15)7-3-4-7/h6-7H,2-5H2,1H3,(H,14,15)(H,16,17). The molecule has 5 heteroatoms. The van der Waals surface area contributed by atoms with Crippen LogP contribution < -0.4 is 5.32 Å². The van der Waals surface area contributed by atoms with Crippen LogP contribution in [0.25, 0.3) is 0 Å². The van der Waals surface area contributed by atoms with Gasteiger partial charge < -0.3 is 10.4 Å². The molecule has 2 aliphatic rings. The van der Waals surface area contributed by atoms with Crippen LogP contribution in [0.15, 0.2) is 0 Å². The van der Waals surface area contributed by atoms with Gasteiger partial charge in [-0.3, -0.25) is 4.79 Å². The first-order valence-electron chi connectivity index (χ1n) is 6.27. The molecule has 3 rings (SSSR count). The van der Waals surface area contributed by atoms with Gasteiger partial charge in [-0.1, -0.05) is 6.92 Å². The number of carbonyl (C=O) groups is 2. The first kappa shape index (κ1) is 11.7. The van der Waals surface area contributed by atoms with E-state index < -0.39 is 5.97 Å². The molecule has 18 heavy (non-hydrogen) atoms. The van der Waals surface area contributed by atoms with Crippen molar-refractivity contribution in [1.82, 2.24) is 0 Å². The molecule has 4 nitrogen and oxygen atoms in total. The van der Waals surface area contributed by atoms with Gasteiger partial charge in [-0.2, -0.15) is 0 Å². The molecule has 2 aliphatic carbocycles. The zero-order valence-corrected chi connectivity index (χ0v) is 11.0. The lowest BCUT2D eigenvalue weighted by molar-refractivity contribution is -0.117. The molecule has 1 saturated carbocycles. The molecule has 0 aliphatic heterocycles. The lowest BCUT2D eigenvalue weighted by Crippen LogP contribution is -2.15. The van der Waals surface area contributed by atoms with Crippen LogP contribution in [-0.4, -0.2) is 17.0 Å². The van der Waals surface area contributed by atoms with E-state index in [0.717, 1.165) is 36.1 Å². The smallest absolute Gasteiger partial charge is 0.339 e. The van der Waals surface area contributed by atoms with Crippen LogP contribution in [-0.2, 0) is 11.2 Å². The Morgan fingerprint density at radius 2 is 2.06 bits per heavy atom. The quantitative estimate of drug-likeness (QED) is 0.883. The maximum atomic E-state index is 11.8. The fraction of sp³-hybridized carbons (Fsp3) is 0.538. The van der Waals surface area contributed by atoms with Crippen molar-refractivity contribution in [2.24, 2.45) is 5.92 Å². The number of rotatable bonds is 3. The van der Waals surface area contributed by atoms with Crippen molar-refractivity contribution < 1.29 is 14.7 Å². The maximum absolute atomic E-state index is 11.8. The normalized spacial score (nSPS) is 21.7. The van der Waals surface area contributed by atoms with E-state index >= 15 is 0 Å². The monoisotopic (exact) mass is 265 g/mol. The number of carbonyl (C=O) groups excluding carboxylic acids is 1. The number of carboxylic acids is 1. The number of hydrogen-bond donors (Lipinski definition) is 2. The molecule has 1 heterocycles. The third-order valence-corrected chi connectivity index (χ3v) is 4.90. The molecule has 1 aromatic rings. The predicted octanol–water partition coefficient (Wildman–Crippen LogP) is 2.84. The molecule has 0 radical (unpaired) electrons. The van der Waals surface area contributed by atoms with Crippen LogP contribution in [0.1, 0.15) is 52.9 Å². The average Bonchev–Trinajstić information content (AvgIpc) is 3.01. The van der Waals surface area contributed by atoms with E-state index in [4.69, 9.17) is 0 Å². The molecule has 0 saturated heterocycles. The minimum atomic E-state index is -0.924. The third-order valence-electron chi connectivity index (χ3n) is 3.72. The summed E-state index contributed by atoms with van der Waals surface area (Å²) in [7, 11) is 0. The van der Waals surface area contributed by atoms with Crippen LogP contribution in [0.3, 0.4) is 0 Å². The SMILES string of the molecule is CC1CCc2sc(NC(=O)C3CC3)c(C(=O)O)c21. The van der Waals surface area contributed by atoms with Gasteiger partial charge in [-0.05, 0) is 37.2 Å². The summed E-state index contributed by atoms with van der Waals surface area (Å²) in [5.74, 6) is -0.563. The number of aromatic carboxylic acids is 1. The van der Waals surface area contributed by atoms with E-state index in [0.29, 0.717) is 10.6 Å². The number of fused-ring (bicyclic) bond motifs is 1. The first-order chi connectivity index (χ1) is 8.58. The number of nitrogens with one attached hydrogen (secondary N) is 1. The van der Waals surface area contributed by atoms with E-state index in [1.807, 2.05) is 0 Å². The number of anilines is 1. The van der Waals surface area contributed by atoms with E-state index in [2.05, 4.69) is 12.2 Å². The Morgan fingerprint density at radius 3 is 2.67 bits per heavy atom. The molecule has 1 amide bonds. The third kappa shape index (κ3) is 1.82. The van der Waals surface area contributed by atoms with E-state index in [1.54, 1.807) is 0 Å². The summed E-state index contributed by atoms with van der Waals surface area (Å²) in [5.41, 5.74) is 1.27. The second-order valence-electron chi connectivity index (χ2n) is 5.15. The zero-order valence-electron chi connectivity index (χ0n) is 10.2. The van der Waals surface area contributed by atoms with E-state index in [9.17, 15) is 14.7 Å². The van der Waals surface area contributed by atoms with Gasteiger partial charge in [0.1, 0.15) is 5.00 Å². The summed E-state index contributed by atoms with van der Waals surface area (Å²) in [4.78, 5) is 24.3. The first-order valence-corrected chi connectivity index (χ1v) is 7.09. The minimum absolute atomic E-state index is 0.0231. The van der Waals surface area contributed by atoms with Crippen LogP contribution in [0.5, 0.6) is 0 Å². The van der Waals surface area contributed by atoms with Crippen LogP contribution >= 0.6 is 11.3 Å². The number of thiophene rings is 1. The highest BCUT2D eigenvalue weighted by atomic mass is 32.1. The van der Waals surface area contributed by atoms with Crippen LogP contribution in [0, 0.1) is 5.92 Å². The van der Waals surface area contributed by atoms with Crippen molar-refractivity contribution >= 4 is 28.2 Å². The molecule has 96 valence electrons. The van der Waals surface area contributed by atoms with Gasteiger partial charge in [0, 0.05) is 10.8 Å². The van der Waals surface area contributed by atoms with Crippen LogP contribution in [0.4, 0.5) is 5.00 Å². The highest BCUT2D eigenvalue weighted by molar-refractivity contribution is 7.17. The molecular formula is C13H15NO3S. The van der Waals surface area contributed by atoms with Gasteiger partial charge in [0.15, 0.2) is 0 Å². The van der Waals surface area contributed by atoms with Gasteiger partial charge in [0.2, 0.25) is 5.91 Å². The predicted molar refractivity (Wildman–Crippen MR) is 69.4 cm³/mol. The topological polar surface area (TPSA) is 66.4 Å². The molecule has 0 bridgehead atoms. The molecule has 0 spiro atoms. The second-order valence-corrected chi connectivity index (χ2v) is 6.26. The Balaban J connectivity index is 1.96. The highest BCUT2D eigenvalue weighted by Gasteiger charge is 2.34. The Kier molecular flexibility index (Phi) is 2.66. The van der Waals surface area contributed by atoms with Crippen LogP contribution in [0.2, 0.25) is 0 Å². The second kappa shape index (κ2) is 4.09. The maximum Gasteiger partial charge on any atom is 0.339 e. The van der Waals surface area contributed by atoms with E-state index in [1.165, 1.54) is 11.3 Å². The Bertz CT molecular complexity index is 531. The summed E-state index contributed by atoms with van der Waals surface area (Å²) < 4.78 is 0. The van der Waals surface area contributed by atoms with Crippen molar-refractivity contribution in [3.63, 3.8) is 0 Å². The largest absolute Gasteiger partial charge is 0.478 e. The van der Waals surface area contributed by atoms with Gasteiger partial charge in [0.25, 0.3) is 0 Å². The van der Waals surface area contributed by atoms with Crippen molar-refractivity contribution in [2.45, 2.75) is 38.5 Å². The molecule has 0 aromatic carbocycles. The molecule has 1 unspecified atom stereocenters. The molecule has 2 N–H and O–H groups in total. The number of hydrogen-bond acceptors (Lipinski definition) is 3. The Morgan fingerprint density at radius 1 is 1.33 bits per heavy atom. The molecule has 1 aromatic heterocycles. The highest BCUT2D eigenvalue weighted by Crippen LogP contribution is 2.45. The van der Waals surface area contributed by atoms with Gasteiger partial charge in [-0.15, -0.1) is 11.3 Å². The van der Waals surface area contributed by atoms with Crippen molar-refractivity contribution in [1.29, 1.82) is 0 Å². The fourth-order valence-electron chi connectivity index (χ4n) is 2.55. The summed E-state index contributed by atoms with van der Waals surface area (Å²) in [5, 5.41) is 12.7. The van der Waals surface area contributed by atoms with Gasteiger partial charge >= 0.3 is 5.97 Å². The van der Waals surface area contributed by atoms with Crippen molar-refractivity contribution in [3.8, 4) is 0 Å². The minimum Gasteiger partial charge on any atom is -0.478 e. The number of carboxylic acid groups (broad SMARTS) is 1.